The molecule has 0 saturated carbocycles. The lowest BCUT2D eigenvalue weighted by Crippen LogP contribution is -2.27. The van der Waals surface area contributed by atoms with E-state index >= 15 is 0 Å². The summed E-state index contributed by atoms with van der Waals surface area (Å²) >= 11 is 0. The predicted octanol–water partition coefficient (Wildman–Crippen LogP) is 2.58. The number of aromatic carboxylic acids is 1. The monoisotopic (exact) mass is 281 g/mol. The molecule has 0 radical (unpaired) electrons. The summed E-state index contributed by atoms with van der Waals surface area (Å²) in [5.74, 6) is -1.23. The molecule has 1 N–H and O–H groups in total. The van der Waals surface area contributed by atoms with Crippen LogP contribution >= 0.6 is 0 Å². The summed E-state index contributed by atoms with van der Waals surface area (Å²) in [6.45, 7) is 1.08. The molecule has 0 saturated heterocycles. The van der Waals surface area contributed by atoms with Crippen LogP contribution in [0.5, 0.6) is 0 Å². The summed E-state index contributed by atoms with van der Waals surface area (Å²) in [6, 6.07) is 14.9. The van der Waals surface area contributed by atoms with Gasteiger partial charge in [-0.1, -0.05) is 42.5 Å². The summed E-state index contributed by atoms with van der Waals surface area (Å²) in [4.78, 5) is 25.3. The van der Waals surface area contributed by atoms with E-state index in [0.29, 0.717) is 18.7 Å². The van der Waals surface area contributed by atoms with E-state index in [9.17, 15) is 14.7 Å². The molecule has 2 aromatic rings. The van der Waals surface area contributed by atoms with Crippen molar-refractivity contribution in [3.63, 3.8) is 0 Å². The number of fused-ring (bicyclic) bond motifs is 1. The van der Waals surface area contributed by atoms with Crippen LogP contribution in [0.4, 0.5) is 0 Å². The van der Waals surface area contributed by atoms with Gasteiger partial charge in [-0.15, -0.1) is 0 Å². The third kappa shape index (κ3) is 2.52. The average Bonchev–Trinajstić information content (AvgIpc) is 2.83. The van der Waals surface area contributed by atoms with Gasteiger partial charge >= 0.3 is 5.97 Å². The van der Waals surface area contributed by atoms with Gasteiger partial charge in [-0.2, -0.15) is 0 Å². The Balaban J connectivity index is 1.78. The number of nitrogens with zero attached hydrogens (tertiary/aromatic N) is 1. The Bertz CT molecular complexity index is 694. The Hall–Kier alpha value is -2.62. The van der Waals surface area contributed by atoms with Crippen LogP contribution < -0.4 is 0 Å². The van der Waals surface area contributed by atoms with E-state index < -0.39 is 5.97 Å². The van der Waals surface area contributed by atoms with Gasteiger partial charge in [0.05, 0.1) is 11.1 Å². The fourth-order valence-corrected chi connectivity index (χ4v) is 2.69. The van der Waals surface area contributed by atoms with E-state index in [1.165, 1.54) is 11.6 Å². The first-order valence-corrected chi connectivity index (χ1v) is 6.85. The van der Waals surface area contributed by atoms with Crippen molar-refractivity contribution in [1.82, 2.24) is 4.90 Å². The van der Waals surface area contributed by atoms with Gasteiger partial charge < -0.3 is 10.0 Å². The maximum atomic E-state index is 12.4. The molecule has 0 unspecified atom stereocenters. The molecule has 0 aromatic heterocycles. The predicted molar refractivity (Wildman–Crippen MR) is 78.3 cm³/mol. The lowest BCUT2D eigenvalue weighted by atomic mass is 10.0. The number of carbonyl (C=O) groups excluding carboxylic acids is 1. The van der Waals surface area contributed by atoms with Crippen molar-refractivity contribution < 1.29 is 14.7 Å². The third-order valence-electron chi connectivity index (χ3n) is 3.76. The second-order valence-corrected chi connectivity index (χ2v) is 5.11. The number of hydrogen-bond donors (Lipinski definition) is 1. The molecular formula is C17H15NO3. The molecule has 0 fully saturated rings. The molecule has 0 atom stereocenters. The number of carbonyl (C=O) groups is 2. The minimum atomic E-state index is -1.05. The lowest BCUT2D eigenvalue weighted by molar-refractivity contribution is 0.0683. The number of benzene rings is 2. The minimum Gasteiger partial charge on any atom is -0.478 e. The smallest absolute Gasteiger partial charge is 0.336 e. The number of carboxylic acids is 1. The second kappa shape index (κ2) is 5.40. The maximum Gasteiger partial charge on any atom is 0.336 e. The van der Waals surface area contributed by atoms with E-state index in [4.69, 9.17) is 0 Å². The van der Waals surface area contributed by atoms with Gasteiger partial charge in [0.2, 0.25) is 0 Å². The van der Waals surface area contributed by atoms with Gasteiger partial charge in [-0.25, -0.2) is 4.79 Å². The Labute approximate surface area is 122 Å². The number of hydrogen-bond acceptors (Lipinski definition) is 2. The molecule has 4 heteroatoms. The summed E-state index contributed by atoms with van der Waals surface area (Å²) in [5, 5.41) is 9.19. The van der Waals surface area contributed by atoms with E-state index in [1.54, 1.807) is 11.0 Å². The van der Waals surface area contributed by atoms with Gasteiger partial charge in [0.1, 0.15) is 0 Å². The fourth-order valence-electron chi connectivity index (χ4n) is 2.69. The molecular weight excluding hydrogens is 266 g/mol. The Kier molecular flexibility index (Phi) is 3.44. The summed E-state index contributed by atoms with van der Waals surface area (Å²) in [7, 11) is 0. The molecule has 0 aliphatic carbocycles. The van der Waals surface area contributed by atoms with Crippen molar-refractivity contribution in [2.75, 3.05) is 6.54 Å². The molecule has 0 spiro atoms. The van der Waals surface area contributed by atoms with Crippen LogP contribution in [0.1, 0.15) is 31.8 Å². The van der Waals surface area contributed by atoms with Crippen LogP contribution in [0.15, 0.2) is 48.5 Å². The zero-order valence-corrected chi connectivity index (χ0v) is 11.5. The van der Waals surface area contributed by atoms with Gasteiger partial charge in [0, 0.05) is 13.1 Å². The van der Waals surface area contributed by atoms with Gasteiger partial charge in [0.25, 0.3) is 5.91 Å². The SMILES string of the molecule is O=C(O)c1cccc2c1C(=O)N(CCc1ccccc1)C2. The molecule has 1 aliphatic rings. The van der Waals surface area contributed by atoms with Crippen LogP contribution in [0, 0.1) is 0 Å². The molecule has 1 heterocycles. The number of carboxylic acid groups (broad SMARTS) is 1. The lowest BCUT2D eigenvalue weighted by Gasteiger charge is -2.15. The quantitative estimate of drug-likeness (QED) is 0.937. The second-order valence-electron chi connectivity index (χ2n) is 5.11. The minimum absolute atomic E-state index is 0.0970. The normalized spacial score (nSPS) is 13.3. The number of rotatable bonds is 4. The Morgan fingerprint density at radius 1 is 1.10 bits per heavy atom. The van der Waals surface area contributed by atoms with Crippen molar-refractivity contribution in [3.05, 3.63) is 70.8 Å². The highest BCUT2D eigenvalue weighted by atomic mass is 16.4. The first-order valence-electron chi connectivity index (χ1n) is 6.85. The molecule has 1 amide bonds. The Morgan fingerprint density at radius 3 is 2.57 bits per heavy atom. The summed E-state index contributed by atoms with van der Waals surface area (Å²) < 4.78 is 0. The molecule has 1 aliphatic heterocycles. The van der Waals surface area contributed by atoms with Crippen molar-refractivity contribution in [3.8, 4) is 0 Å². The molecule has 21 heavy (non-hydrogen) atoms. The highest BCUT2D eigenvalue weighted by Crippen LogP contribution is 2.26. The highest BCUT2D eigenvalue weighted by molar-refractivity contribution is 6.07. The van der Waals surface area contributed by atoms with Crippen LogP contribution in [-0.4, -0.2) is 28.4 Å². The molecule has 3 rings (SSSR count). The van der Waals surface area contributed by atoms with Crippen molar-refractivity contribution in [1.29, 1.82) is 0 Å². The van der Waals surface area contributed by atoms with Crippen LogP contribution in [0.3, 0.4) is 0 Å². The maximum absolute atomic E-state index is 12.4. The standard InChI is InChI=1S/C17H15NO3/c19-16-15-13(7-4-8-14(15)17(20)21)11-18(16)10-9-12-5-2-1-3-6-12/h1-8H,9-11H2,(H,20,21). The first kappa shape index (κ1) is 13.4. The van der Waals surface area contributed by atoms with Crippen LogP contribution in [-0.2, 0) is 13.0 Å². The zero-order valence-electron chi connectivity index (χ0n) is 11.5. The van der Waals surface area contributed by atoms with Crippen LogP contribution in [0.25, 0.3) is 0 Å². The molecule has 106 valence electrons. The van der Waals surface area contributed by atoms with Crippen molar-refractivity contribution >= 4 is 11.9 Å². The molecule has 0 bridgehead atoms. The topological polar surface area (TPSA) is 57.6 Å². The highest BCUT2D eigenvalue weighted by Gasteiger charge is 2.31. The van der Waals surface area contributed by atoms with Gasteiger partial charge in [-0.3, -0.25) is 4.79 Å². The van der Waals surface area contributed by atoms with E-state index in [1.807, 2.05) is 36.4 Å². The van der Waals surface area contributed by atoms with Crippen molar-refractivity contribution in [2.24, 2.45) is 0 Å². The zero-order chi connectivity index (χ0) is 14.8. The van der Waals surface area contributed by atoms with E-state index in [-0.39, 0.29) is 11.5 Å². The van der Waals surface area contributed by atoms with Gasteiger partial charge in [0.15, 0.2) is 0 Å². The molecule has 2 aromatic carbocycles. The largest absolute Gasteiger partial charge is 0.478 e. The van der Waals surface area contributed by atoms with Crippen LogP contribution in [0.2, 0.25) is 0 Å². The average molecular weight is 281 g/mol. The summed E-state index contributed by atoms with van der Waals surface area (Å²) in [6.07, 6.45) is 0.767. The molecule has 4 nitrogen and oxygen atoms in total. The Morgan fingerprint density at radius 2 is 1.86 bits per heavy atom. The van der Waals surface area contributed by atoms with E-state index in [2.05, 4.69) is 0 Å². The number of amides is 1. The first-order chi connectivity index (χ1) is 10.2. The van der Waals surface area contributed by atoms with E-state index in [0.717, 1.165) is 12.0 Å². The fraction of sp³-hybridized carbons (Fsp3) is 0.176. The van der Waals surface area contributed by atoms with Gasteiger partial charge in [-0.05, 0) is 23.6 Å². The third-order valence-corrected chi connectivity index (χ3v) is 3.76. The van der Waals surface area contributed by atoms with Crippen molar-refractivity contribution in [2.45, 2.75) is 13.0 Å². The summed E-state index contributed by atoms with van der Waals surface area (Å²) in [5.41, 5.74) is 2.41.